The topological polar surface area (TPSA) is 16.8 Å². The molecule has 0 unspecified atom stereocenters. The maximum absolute atomic E-state index is 4.61. The fraction of sp³-hybridized carbons (Fsp3) is 0.0667. The van der Waals surface area contributed by atoms with E-state index in [1.165, 1.54) is 11.1 Å². The molecule has 0 N–H and O–H groups in total. The van der Waals surface area contributed by atoms with Gasteiger partial charge >= 0.3 is 0 Å². The zero-order chi connectivity index (χ0) is 12.2. The summed E-state index contributed by atoms with van der Waals surface area (Å²) < 4.78 is 1.99. The van der Waals surface area contributed by atoms with E-state index in [1.807, 2.05) is 28.9 Å². The standard InChI is InChI=1S/C15H13N2S/c1-3-7-13(8-4-1)11-17-12-18-15(16-17)14-9-5-2-6-10-14/h1-10,12H,11H2/q+1. The third-order valence-electron chi connectivity index (χ3n) is 2.71. The van der Waals surface area contributed by atoms with Crippen LogP contribution in [-0.4, -0.2) is 5.10 Å². The van der Waals surface area contributed by atoms with Gasteiger partial charge in [-0.1, -0.05) is 65.3 Å². The lowest BCUT2D eigenvalue weighted by Gasteiger charge is -1.92. The molecule has 18 heavy (non-hydrogen) atoms. The van der Waals surface area contributed by atoms with E-state index in [4.69, 9.17) is 0 Å². The summed E-state index contributed by atoms with van der Waals surface area (Å²) in [6.07, 6.45) is 0. The lowest BCUT2D eigenvalue weighted by atomic mass is 10.2. The second-order valence-electron chi connectivity index (χ2n) is 4.08. The molecule has 0 amide bonds. The van der Waals surface area contributed by atoms with Crippen molar-refractivity contribution in [2.75, 3.05) is 0 Å². The Morgan fingerprint density at radius 3 is 2.28 bits per heavy atom. The zero-order valence-corrected chi connectivity index (χ0v) is 10.7. The SMILES string of the molecule is c1ccc(C[n+]2csc(-c3ccccc3)n2)cc1. The first-order chi connectivity index (χ1) is 8.92. The number of rotatable bonds is 3. The molecule has 3 heteroatoms. The molecule has 3 aromatic rings. The molecule has 0 fully saturated rings. The van der Waals surface area contributed by atoms with Gasteiger partial charge in [0.2, 0.25) is 6.54 Å². The molecule has 0 bridgehead atoms. The average Bonchev–Trinajstić information content (AvgIpc) is 2.89. The zero-order valence-electron chi connectivity index (χ0n) is 9.86. The minimum absolute atomic E-state index is 0.824. The van der Waals surface area contributed by atoms with Crippen LogP contribution < -0.4 is 4.68 Å². The lowest BCUT2D eigenvalue weighted by Crippen LogP contribution is -2.35. The highest BCUT2D eigenvalue weighted by Gasteiger charge is 2.11. The minimum atomic E-state index is 0.824. The Morgan fingerprint density at radius 1 is 0.889 bits per heavy atom. The molecule has 2 aromatic carbocycles. The van der Waals surface area contributed by atoms with Crippen LogP contribution in [0.4, 0.5) is 0 Å². The molecule has 88 valence electrons. The first-order valence-corrected chi connectivity index (χ1v) is 6.74. The van der Waals surface area contributed by atoms with Crippen molar-refractivity contribution < 1.29 is 4.68 Å². The van der Waals surface area contributed by atoms with Crippen LogP contribution >= 0.6 is 11.3 Å². The molecule has 1 aromatic heterocycles. The van der Waals surface area contributed by atoms with Crippen LogP contribution in [0.1, 0.15) is 5.56 Å². The molecule has 0 aliphatic rings. The second-order valence-corrected chi connectivity index (χ2v) is 4.91. The smallest absolute Gasteiger partial charge is 0.0754 e. The monoisotopic (exact) mass is 253 g/mol. The number of hydrogen-bond donors (Lipinski definition) is 0. The molecule has 0 spiro atoms. The van der Waals surface area contributed by atoms with Gasteiger partial charge in [0, 0.05) is 16.2 Å². The van der Waals surface area contributed by atoms with Crippen molar-refractivity contribution in [3.63, 3.8) is 0 Å². The normalized spacial score (nSPS) is 10.4. The highest BCUT2D eigenvalue weighted by Crippen LogP contribution is 2.18. The van der Waals surface area contributed by atoms with Gasteiger partial charge in [-0.2, -0.15) is 0 Å². The van der Waals surface area contributed by atoms with E-state index in [2.05, 4.69) is 47.0 Å². The summed E-state index contributed by atoms with van der Waals surface area (Å²) in [4.78, 5) is 0. The van der Waals surface area contributed by atoms with Gasteiger partial charge in [-0.15, -0.1) is 0 Å². The van der Waals surface area contributed by atoms with Crippen molar-refractivity contribution in [1.82, 2.24) is 5.10 Å². The van der Waals surface area contributed by atoms with Crippen molar-refractivity contribution in [3.05, 3.63) is 71.7 Å². The molecule has 0 atom stereocenters. The quantitative estimate of drug-likeness (QED) is 0.655. The van der Waals surface area contributed by atoms with Gasteiger partial charge in [-0.05, 0) is 11.3 Å². The second kappa shape index (κ2) is 5.10. The molecule has 1 heterocycles. The number of nitrogens with zero attached hydrogens (tertiary/aromatic N) is 2. The van der Waals surface area contributed by atoms with Crippen molar-refractivity contribution in [3.8, 4) is 10.6 Å². The highest BCUT2D eigenvalue weighted by atomic mass is 32.1. The lowest BCUT2D eigenvalue weighted by molar-refractivity contribution is -0.740. The van der Waals surface area contributed by atoms with Crippen molar-refractivity contribution in [2.45, 2.75) is 6.54 Å². The van der Waals surface area contributed by atoms with Gasteiger partial charge in [0.05, 0.1) is 0 Å². The summed E-state index contributed by atoms with van der Waals surface area (Å²) in [5, 5.41) is 5.67. The van der Waals surface area contributed by atoms with Crippen LogP contribution in [0.15, 0.2) is 66.2 Å². The largest absolute Gasteiger partial charge is 0.253 e. The fourth-order valence-electron chi connectivity index (χ4n) is 1.82. The fourth-order valence-corrected chi connectivity index (χ4v) is 2.59. The van der Waals surface area contributed by atoms with Crippen molar-refractivity contribution in [1.29, 1.82) is 0 Å². The van der Waals surface area contributed by atoms with Crippen LogP contribution in [-0.2, 0) is 6.54 Å². The summed E-state index contributed by atoms with van der Waals surface area (Å²) in [5.41, 5.74) is 4.51. The maximum Gasteiger partial charge on any atom is 0.253 e. The van der Waals surface area contributed by atoms with E-state index in [-0.39, 0.29) is 0 Å². The van der Waals surface area contributed by atoms with Crippen LogP contribution in [0.2, 0.25) is 0 Å². The Balaban J connectivity index is 1.82. The Hall–Kier alpha value is -2.00. The van der Waals surface area contributed by atoms with E-state index in [1.54, 1.807) is 11.3 Å². The molecular formula is C15H13N2S+. The molecule has 0 aliphatic carbocycles. The summed E-state index contributed by atoms with van der Waals surface area (Å²) in [7, 11) is 0. The predicted octanol–water partition coefficient (Wildman–Crippen LogP) is 3.15. The third-order valence-corrected chi connectivity index (χ3v) is 3.60. The maximum atomic E-state index is 4.61. The van der Waals surface area contributed by atoms with Gasteiger partial charge in [-0.3, -0.25) is 0 Å². The predicted molar refractivity (Wildman–Crippen MR) is 73.3 cm³/mol. The van der Waals surface area contributed by atoms with Crippen LogP contribution in [0.3, 0.4) is 0 Å². The van der Waals surface area contributed by atoms with Crippen molar-refractivity contribution in [2.24, 2.45) is 0 Å². The highest BCUT2D eigenvalue weighted by molar-refractivity contribution is 7.12. The summed E-state index contributed by atoms with van der Waals surface area (Å²) >= 11 is 1.67. The van der Waals surface area contributed by atoms with E-state index in [9.17, 15) is 0 Å². The van der Waals surface area contributed by atoms with Gasteiger partial charge in [0.1, 0.15) is 0 Å². The Kier molecular flexibility index (Phi) is 3.15. The first-order valence-electron chi connectivity index (χ1n) is 5.86. The Bertz CT molecular complexity index is 617. The number of aromatic nitrogens is 2. The summed E-state index contributed by atoms with van der Waals surface area (Å²) in [6, 6.07) is 20.7. The van der Waals surface area contributed by atoms with E-state index in [0.29, 0.717) is 0 Å². The van der Waals surface area contributed by atoms with Crippen molar-refractivity contribution >= 4 is 11.3 Å². The third kappa shape index (κ3) is 2.46. The average molecular weight is 253 g/mol. The molecule has 3 rings (SSSR count). The molecule has 0 saturated carbocycles. The molecule has 0 saturated heterocycles. The van der Waals surface area contributed by atoms with Gasteiger partial charge in [0.25, 0.3) is 5.51 Å². The Morgan fingerprint density at radius 2 is 1.56 bits per heavy atom. The van der Waals surface area contributed by atoms with Gasteiger partial charge < -0.3 is 0 Å². The van der Waals surface area contributed by atoms with Crippen LogP contribution in [0.25, 0.3) is 10.6 Å². The molecular weight excluding hydrogens is 240 g/mol. The first kappa shape index (κ1) is 11.1. The number of hydrogen-bond acceptors (Lipinski definition) is 2. The molecule has 0 radical (unpaired) electrons. The number of benzene rings is 2. The molecule has 0 aliphatic heterocycles. The van der Waals surface area contributed by atoms with Gasteiger partial charge in [0.15, 0.2) is 5.01 Å². The molecule has 2 nitrogen and oxygen atoms in total. The minimum Gasteiger partial charge on any atom is -0.0754 e. The van der Waals surface area contributed by atoms with E-state index >= 15 is 0 Å². The Labute approximate surface area is 110 Å². The van der Waals surface area contributed by atoms with Gasteiger partial charge in [-0.25, -0.2) is 0 Å². The van der Waals surface area contributed by atoms with E-state index in [0.717, 1.165) is 11.6 Å². The summed E-state index contributed by atoms with van der Waals surface area (Å²) in [5.74, 6) is 0. The summed E-state index contributed by atoms with van der Waals surface area (Å²) in [6.45, 7) is 0.824. The van der Waals surface area contributed by atoms with Crippen LogP contribution in [0, 0.1) is 0 Å². The van der Waals surface area contributed by atoms with Crippen LogP contribution in [0.5, 0.6) is 0 Å². The van der Waals surface area contributed by atoms with E-state index < -0.39 is 0 Å².